The first-order chi connectivity index (χ1) is 28.0. The van der Waals surface area contributed by atoms with Gasteiger partial charge in [-0.2, -0.15) is 5.10 Å². The molecule has 2 saturated heterocycles. The first-order valence-corrected chi connectivity index (χ1v) is 20.2. The van der Waals surface area contributed by atoms with Gasteiger partial charge in [0.2, 0.25) is 11.8 Å². The Bertz CT molecular complexity index is 2330. The molecule has 1 aliphatic carbocycles. The predicted octanol–water partition coefficient (Wildman–Crippen LogP) is 3.50. The van der Waals surface area contributed by atoms with Gasteiger partial charge in [-0.05, 0) is 94.5 Å². The van der Waals surface area contributed by atoms with Crippen molar-refractivity contribution in [3.8, 4) is 5.75 Å². The van der Waals surface area contributed by atoms with Gasteiger partial charge in [0.1, 0.15) is 17.4 Å². The second kappa shape index (κ2) is 14.8. The van der Waals surface area contributed by atoms with Crippen LogP contribution in [0.3, 0.4) is 0 Å². The number of aromatic nitrogens is 3. The van der Waals surface area contributed by atoms with Crippen molar-refractivity contribution in [2.45, 2.75) is 102 Å². The Kier molecular flexibility index (Phi) is 9.63. The molecule has 5 aliphatic rings. The summed E-state index contributed by atoms with van der Waals surface area (Å²) in [5.74, 6) is -1.28. The summed E-state index contributed by atoms with van der Waals surface area (Å²) in [5, 5.41) is 20.7. The number of aliphatic hydroxyl groups excluding tert-OH is 1. The van der Waals surface area contributed by atoms with Gasteiger partial charge in [-0.15, -0.1) is 0 Å². The van der Waals surface area contributed by atoms with Crippen molar-refractivity contribution in [2.24, 2.45) is 0 Å². The van der Waals surface area contributed by atoms with Crippen LogP contribution >= 0.6 is 0 Å². The van der Waals surface area contributed by atoms with Crippen molar-refractivity contribution < 1.29 is 33.8 Å². The molecule has 16 nitrogen and oxygen atoms in total. The molecule has 58 heavy (non-hydrogen) atoms. The summed E-state index contributed by atoms with van der Waals surface area (Å²) in [7, 11) is 0. The number of fused-ring (bicyclic) bond motifs is 3. The number of rotatable bonds is 10. The molecular weight excluding hydrogens is 743 g/mol. The first kappa shape index (κ1) is 37.7. The van der Waals surface area contributed by atoms with E-state index in [0.29, 0.717) is 58.0 Å². The fraction of sp³-hybridized carbons (Fsp3) is 0.452. The molecule has 6 heterocycles. The lowest BCUT2D eigenvalue weighted by Gasteiger charge is -2.50. The van der Waals surface area contributed by atoms with E-state index >= 15 is 0 Å². The molecule has 1 saturated carbocycles. The van der Waals surface area contributed by atoms with Crippen molar-refractivity contribution >= 4 is 46.6 Å². The third-order valence-corrected chi connectivity index (χ3v) is 12.4. The summed E-state index contributed by atoms with van der Waals surface area (Å²) >= 11 is 0. The molecule has 3 N–H and O–H groups in total. The number of ether oxygens (including phenoxy) is 1. The van der Waals surface area contributed by atoms with Gasteiger partial charge in [-0.25, -0.2) is 9.50 Å². The average Bonchev–Trinajstić information content (AvgIpc) is 3.84. The molecule has 0 radical (unpaired) electrons. The van der Waals surface area contributed by atoms with Crippen LogP contribution in [0.25, 0.3) is 5.65 Å². The van der Waals surface area contributed by atoms with Gasteiger partial charge < -0.3 is 25.0 Å². The van der Waals surface area contributed by atoms with E-state index in [-0.39, 0.29) is 42.7 Å². The maximum Gasteiger partial charge on any atom is 0.261 e. The highest BCUT2D eigenvalue weighted by Crippen LogP contribution is 2.41. The van der Waals surface area contributed by atoms with Crippen molar-refractivity contribution in [1.29, 1.82) is 0 Å². The fourth-order valence-electron chi connectivity index (χ4n) is 9.49. The lowest BCUT2D eigenvalue weighted by molar-refractivity contribution is -0.139. The summed E-state index contributed by atoms with van der Waals surface area (Å²) < 4.78 is 7.66. The van der Waals surface area contributed by atoms with Crippen LogP contribution in [-0.2, 0) is 16.1 Å². The minimum atomic E-state index is -1.26. The zero-order valence-electron chi connectivity index (χ0n) is 32.8. The van der Waals surface area contributed by atoms with Crippen molar-refractivity contribution in [3.63, 3.8) is 0 Å². The third kappa shape index (κ3) is 6.53. The summed E-state index contributed by atoms with van der Waals surface area (Å²) in [5.41, 5.74) is 4.50. The predicted molar refractivity (Wildman–Crippen MR) is 211 cm³/mol. The van der Waals surface area contributed by atoms with Gasteiger partial charge in [0, 0.05) is 79.0 Å². The average molecular weight is 790 g/mol. The molecule has 0 bridgehead atoms. The first-order valence-electron chi connectivity index (χ1n) is 20.2. The van der Waals surface area contributed by atoms with E-state index in [1.807, 2.05) is 36.9 Å². The van der Waals surface area contributed by atoms with E-state index in [4.69, 9.17) is 4.74 Å². The Labute approximate surface area is 335 Å². The van der Waals surface area contributed by atoms with Crippen LogP contribution in [0, 0.1) is 0 Å². The number of anilines is 2. The number of piperidine rings is 1. The molecule has 3 fully saturated rings. The highest BCUT2D eigenvalue weighted by molar-refractivity contribution is 6.09. The molecule has 4 aromatic rings. The second-order valence-electron chi connectivity index (χ2n) is 16.2. The maximum absolute atomic E-state index is 13.9. The Morgan fingerprint density at radius 1 is 1.02 bits per heavy atom. The van der Waals surface area contributed by atoms with Gasteiger partial charge in [-0.3, -0.25) is 39.1 Å². The van der Waals surface area contributed by atoms with Crippen LogP contribution in [0.5, 0.6) is 5.75 Å². The van der Waals surface area contributed by atoms with Crippen molar-refractivity contribution in [2.75, 3.05) is 29.9 Å². The maximum atomic E-state index is 13.9. The minimum Gasteiger partial charge on any atom is -0.489 e. The Morgan fingerprint density at radius 3 is 2.55 bits per heavy atom. The molecule has 9 rings (SSSR count). The molecule has 2 aromatic carbocycles. The monoisotopic (exact) mass is 789 g/mol. The number of likely N-dealkylation sites (N-methyl/N-ethyl adjacent to an activating group) is 1. The number of hydrogen-bond acceptors (Lipinski definition) is 11. The summed E-state index contributed by atoms with van der Waals surface area (Å²) in [4.78, 5) is 77.1. The van der Waals surface area contributed by atoms with E-state index in [9.17, 15) is 29.1 Å². The van der Waals surface area contributed by atoms with E-state index in [0.717, 1.165) is 56.6 Å². The highest BCUT2D eigenvalue weighted by Gasteiger charge is 2.45. The quantitative estimate of drug-likeness (QED) is 0.200. The number of aliphatic hydroxyl groups is 1. The van der Waals surface area contributed by atoms with E-state index < -0.39 is 24.1 Å². The normalized spacial score (nSPS) is 23.4. The van der Waals surface area contributed by atoms with Gasteiger partial charge in [-0.1, -0.05) is 6.92 Å². The zero-order valence-corrected chi connectivity index (χ0v) is 32.8. The van der Waals surface area contributed by atoms with Crippen LogP contribution < -0.4 is 20.3 Å². The van der Waals surface area contributed by atoms with Crippen molar-refractivity contribution in [3.05, 3.63) is 82.8 Å². The number of imide groups is 1. The summed E-state index contributed by atoms with van der Waals surface area (Å²) in [6.07, 6.45) is 7.41. The summed E-state index contributed by atoms with van der Waals surface area (Å²) in [6, 6.07) is 10.8. The Hall–Kier alpha value is -5.87. The number of nitrogens with zero attached hydrogens (tertiary/aromatic N) is 7. The number of nitrogens with one attached hydrogen (secondary N) is 2. The topological polar surface area (TPSA) is 182 Å². The fourth-order valence-corrected chi connectivity index (χ4v) is 9.49. The highest BCUT2D eigenvalue weighted by atomic mass is 16.5. The summed E-state index contributed by atoms with van der Waals surface area (Å²) in [6.45, 7) is 8.98. The Morgan fingerprint density at radius 2 is 1.81 bits per heavy atom. The minimum absolute atomic E-state index is 0.0138. The molecular formula is C42H47N9O7. The van der Waals surface area contributed by atoms with Gasteiger partial charge in [0.15, 0.2) is 11.9 Å². The lowest BCUT2D eigenvalue weighted by atomic mass is 9.87. The van der Waals surface area contributed by atoms with E-state index in [1.54, 1.807) is 35.1 Å². The van der Waals surface area contributed by atoms with Crippen LogP contribution in [0.15, 0.2) is 55.0 Å². The number of hydrogen-bond donors (Lipinski definition) is 3. The van der Waals surface area contributed by atoms with Crippen LogP contribution in [0.4, 0.5) is 11.4 Å². The molecule has 2 unspecified atom stereocenters. The van der Waals surface area contributed by atoms with Gasteiger partial charge in [0.25, 0.3) is 17.7 Å². The van der Waals surface area contributed by atoms with Crippen LogP contribution in [-0.4, -0.2) is 114 Å². The van der Waals surface area contributed by atoms with Crippen LogP contribution in [0.1, 0.15) is 108 Å². The number of benzene rings is 2. The molecule has 5 amide bonds. The zero-order chi connectivity index (χ0) is 40.4. The van der Waals surface area contributed by atoms with E-state index in [2.05, 4.69) is 37.4 Å². The lowest BCUT2D eigenvalue weighted by Crippen LogP contribution is -2.62. The molecule has 302 valence electrons. The largest absolute Gasteiger partial charge is 0.489 e. The number of amides is 5. The third-order valence-electron chi connectivity index (χ3n) is 12.4. The SMILES string of the molecule is CCN(C1CCC(N2Cc3cc(NC(=O)c4cnn5cccnc45)c(OC(C)C)cc3C2=O)CC1)C1CN(c2ccc3c(c2)C(O)N(C2CCC(=O)NC2=O)C3=O)C1. The Balaban J connectivity index is 0.820. The van der Waals surface area contributed by atoms with Gasteiger partial charge >= 0.3 is 0 Å². The molecule has 2 atom stereocenters. The van der Waals surface area contributed by atoms with Crippen LogP contribution in [0.2, 0.25) is 0 Å². The molecule has 2 aromatic heterocycles. The molecule has 0 spiro atoms. The second-order valence-corrected chi connectivity index (χ2v) is 16.2. The molecule has 4 aliphatic heterocycles. The number of carbonyl (C=O) groups excluding carboxylic acids is 5. The van der Waals surface area contributed by atoms with Gasteiger partial charge in [0.05, 0.1) is 18.0 Å². The number of carbonyl (C=O) groups is 5. The standard InChI is InChI=1S/C42H47N9O7/c1-4-48(28-21-47(22-28)27-10-11-29-31(17-27)42(57)51(41(29)56)34-12-13-36(52)46-39(34)54)25-6-8-26(9-7-25)49-20-24-16-33(35(58-23(2)3)18-30(24)40(49)55)45-38(53)32-19-44-50-15-5-14-43-37(32)50/h5,10-11,14-19,23,25-26,28,34,42,57H,4,6-9,12-13,20-22H2,1-3H3,(H,45,53)(H,46,52,54). The van der Waals surface area contributed by atoms with Crippen molar-refractivity contribution in [1.82, 2.24) is 34.6 Å². The molecule has 16 heteroatoms. The smallest absolute Gasteiger partial charge is 0.261 e. The van der Waals surface area contributed by atoms with E-state index in [1.165, 1.54) is 11.1 Å².